The zero-order chi connectivity index (χ0) is 20.9. The first-order valence-corrected chi connectivity index (χ1v) is 10.5. The SMILES string of the molecule is CCC(C)(C)n1nnnc1C(c1cc2cc3c(cc2[nH]c1=O)OCO3)N1CCCC1. The van der Waals surface area contributed by atoms with Crippen molar-refractivity contribution in [3.05, 3.63) is 39.9 Å². The first kappa shape index (κ1) is 19.0. The van der Waals surface area contributed by atoms with Crippen LogP contribution >= 0.6 is 0 Å². The van der Waals surface area contributed by atoms with Gasteiger partial charge in [0, 0.05) is 17.0 Å². The number of rotatable bonds is 5. The Bertz CT molecular complexity index is 1150. The Balaban J connectivity index is 1.69. The van der Waals surface area contributed by atoms with E-state index in [0.29, 0.717) is 22.9 Å². The fraction of sp³-hybridized carbons (Fsp3) is 0.524. The van der Waals surface area contributed by atoms with Crippen LogP contribution in [0.2, 0.25) is 0 Å². The fourth-order valence-electron chi connectivity index (χ4n) is 4.26. The maximum absolute atomic E-state index is 13.2. The largest absolute Gasteiger partial charge is 0.454 e. The Hall–Kier alpha value is -2.94. The molecule has 1 fully saturated rings. The quantitative estimate of drug-likeness (QED) is 0.690. The van der Waals surface area contributed by atoms with Crippen molar-refractivity contribution in [3.8, 4) is 11.5 Å². The van der Waals surface area contributed by atoms with Crippen molar-refractivity contribution in [1.82, 2.24) is 30.1 Å². The van der Waals surface area contributed by atoms with E-state index in [1.807, 2.05) is 22.9 Å². The van der Waals surface area contributed by atoms with Gasteiger partial charge in [0.15, 0.2) is 17.3 Å². The molecule has 5 rings (SSSR count). The van der Waals surface area contributed by atoms with Crippen LogP contribution in [0, 0.1) is 0 Å². The van der Waals surface area contributed by atoms with Crippen molar-refractivity contribution in [2.45, 2.75) is 51.6 Å². The summed E-state index contributed by atoms with van der Waals surface area (Å²) in [7, 11) is 0. The van der Waals surface area contributed by atoms with Crippen molar-refractivity contribution in [2.24, 2.45) is 0 Å². The summed E-state index contributed by atoms with van der Waals surface area (Å²) in [4.78, 5) is 18.6. The van der Waals surface area contributed by atoms with Crippen molar-refractivity contribution >= 4 is 10.9 Å². The van der Waals surface area contributed by atoms with Gasteiger partial charge in [-0.05, 0) is 68.8 Å². The summed E-state index contributed by atoms with van der Waals surface area (Å²) < 4.78 is 12.8. The van der Waals surface area contributed by atoms with Gasteiger partial charge in [-0.15, -0.1) is 5.10 Å². The van der Waals surface area contributed by atoms with E-state index in [1.165, 1.54) is 0 Å². The highest BCUT2D eigenvalue weighted by Crippen LogP contribution is 2.37. The minimum atomic E-state index is -0.313. The molecule has 30 heavy (non-hydrogen) atoms. The molecule has 0 spiro atoms. The standard InChI is InChI=1S/C21H26N6O3/c1-4-21(2,3)27-19(23-24-25-27)18(26-7-5-6-8-26)14-9-13-10-16-17(30-12-29-16)11-15(13)22-20(14)28/h9-11,18H,4-8,12H2,1-3H3,(H,22,28). The normalized spacial score (nSPS) is 17.7. The monoisotopic (exact) mass is 410 g/mol. The van der Waals surface area contributed by atoms with Crippen LogP contribution in [0.25, 0.3) is 10.9 Å². The lowest BCUT2D eigenvalue weighted by Crippen LogP contribution is -2.37. The Kier molecular flexibility index (Phi) is 4.50. The molecule has 1 unspecified atom stereocenters. The number of hydrogen-bond donors (Lipinski definition) is 1. The van der Waals surface area contributed by atoms with Gasteiger partial charge in [0.2, 0.25) is 6.79 Å². The number of tetrazole rings is 1. The summed E-state index contributed by atoms with van der Waals surface area (Å²) in [6, 6.07) is 5.36. The lowest BCUT2D eigenvalue weighted by molar-refractivity contribution is 0.174. The number of aromatic amines is 1. The molecule has 2 aromatic heterocycles. The minimum Gasteiger partial charge on any atom is -0.454 e. The van der Waals surface area contributed by atoms with Crippen LogP contribution in [-0.2, 0) is 5.54 Å². The summed E-state index contributed by atoms with van der Waals surface area (Å²) in [5.74, 6) is 2.04. The Morgan fingerprint density at radius 1 is 1.17 bits per heavy atom. The Labute approximate surface area is 174 Å². The van der Waals surface area contributed by atoms with Crippen LogP contribution in [0.5, 0.6) is 11.5 Å². The highest BCUT2D eigenvalue weighted by molar-refractivity contribution is 5.83. The fourth-order valence-corrected chi connectivity index (χ4v) is 4.26. The molecule has 2 aliphatic rings. The first-order chi connectivity index (χ1) is 14.5. The second-order valence-corrected chi connectivity index (χ2v) is 8.61. The average Bonchev–Trinajstić information content (AvgIpc) is 3.49. The van der Waals surface area contributed by atoms with E-state index < -0.39 is 0 Å². The lowest BCUT2D eigenvalue weighted by Gasteiger charge is -2.30. The molecule has 1 atom stereocenters. The number of pyridine rings is 1. The van der Waals surface area contributed by atoms with E-state index in [1.54, 1.807) is 0 Å². The molecular weight excluding hydrogens is 384 g/mol. The van der Waals surface area contributed by atoms with Gasteiger partial charge in [0.05, 0.1) is 11.1 Å². The number of ether oxygens (including phenoxy) is 2. The Morgan fingerprint density at radius 2 is 1.90 bits per heavy atom. The third-order valence-corrected chi connectivity index (χ3v) is 6.34. The summed E-state index contributed by atoms with van der Waals surface area (Å²) in [5, 5.41) is 13.6. The predicted molar refractivity (Wildman–Crippen MR) is 111 cm³/mol. The molecule has 158 valence electrons. The number of likely N-dealkylation sites (tertiary alicyclic amines) is 1. The van der Waals surface area contributed by atoms with Gasteiger partial charge >= 0.3 is 0 Å². The topological polar surface area (TPSA) is 98.2 Å². The number of fused-ring (bicyclic) bond motifs is 2. The molecule has 9 heteroatoms. The molecule has 4 heterocycles. The molecule has 0 aliphatic carbocycles. The second-order valence-electron chi connectivity index (χ2n) is 8.61. The number of benzene rings is 1. The van der Waals surface area contributed by atoms with Crippen LogP contribution < -0.4 is 15.0 Å². The van der Waals surface area contributed by atoms with Crippen LogP contribution in [0.4, 0.5) is 0 Å². The third kappa shape index (κ3) is 3.04. The molecule has 9 nitrogen and oxygen atoms in total. The van der Waals surface area contributed by atoms with E-state index in [-0.39, 0.29) is 23.9 Å². The van der Waals surface area contributed by atoms with Crippen molar-refractivity contribution < 1.29 is 9.47 Å². The van der Waals surface area contributed by atoms with E-state index >= 15 is 0 Å². The summed E-state index contributed by atoms with van der Waals surface area (Å²) in [5.41, 5.74) is 0.974. The van der Waals surface area contributed by atoms with Crippen molar-refractivity contribution in [2.75, 3.05) is 19.9 Å². The van der Waals surface area contributed by atoms with Crippen LogP contribution in [0.15, 0.2) is 23.0 Å². The molecule has 1 N–H and O–H groups in total. The summed E-state index contributed by atoms with van der Waals surface area (Å²) >= 11 is 0. The van der Waals surface area contributed by atoms with E-state index in [4.69, 9.17) is 9.47 Å². The Morgan fingerprint density at radius 3 is 2.63 bits per heavy atom. The van der Waals surface area contributed by atoms with E-state index in [9.17, 15) is 4.79 Å². The van der Waals surface area contributed by atoms with Gasteiger partial charge in [0.1, 0.15) is 6.04 Å². The lowest BCUT2D eigenvalue weighted by atomic mass is 9.99. The number of aromatic nitrogens is 5. The van der Waals surface area contributed by atoms with Crippen LogP contribution in [0.3, 0.4) is 0 Å². The van der Waals surface area contributed by atoms with Crippen LogP contribution in [0.1, 0.15) is 57.5 Å². The third-order valence-electron chi connectivity index (χ3n) is 6.34. The smallest absolute Gasteiger partial charge is 0.253 e. The van der Waals surface area contributed by atoms with Gasteiger partial charge in [-0.2, -0.15) is 0 Å². The van der Waals surface area contributed by atoms with Crippen LogP contribution in [-0.4, -0.2) is 50.0 Å². The van der Waals surface area contributed by atoms with Gasteiger partial charge in [-0.1, -0.05) is 6.92 Å². The molecule has 0 bridgehead atoms. The first-order valence-electron chi connectivity index (χ1n) is 10.5. The molecule has 3 aromatic rings. The number of hydrogen-bond acceptors (Lipinski definition) is 7. The molecule has 0 radical (unpaired) electrons. The maximum Gasteiger partial charge on any atom is 0.253 e. The average molecular weight is 410 g/mol. The summed E-state index contributed by atoms with van der Waals surface area (Å²) in [6.45, 7) is 8.34. The molecular formula is C21H26N6O3. The van der Waals surface area contributed by atoms with Crippen molar-refractivity contribution in [1.29, 1.82) is 0 Å². The zero-order valence-corrected chi connectivity index (χ0v) is 17.5. The summed E-state index contributed by atoms with van der Waals surface area (Å²) in [6.07, 6.45) is 3.06. The van der Waals surface area contributed by atoms with Gasteiger partial charge in [-0.25, -0.2) is 4.68 Å². The highest BCUT2D eigenvalue weighted by atomic mass is 16.7. The van der Waals surface area contributed by atoms with Gasteiger partial charge in [0.25, 0.3) is 5.56 Å². The molecule has 2 aliphatic heterocycles. The van der Waals surface area contributed by atoms with E-state index in [2.05, 4.69) is 46.2 Å². The molecule has 0 saturated carbocycles. The maximum atomic E-state index is 13.2. The molecule has 1 aromatic carbocycles. The minimum absolute atomic E-state index is 0.137. The number of nitrogens with one attached hydrogen (secondary N) is 1. The van der Waals surface area contributed by atoms with Gasteiger partial charge < -0.3 is 14.5 Å². The highest BCUT2D eigenvalue weighted by Gasteiger charge is 2.35. The predicted octanol–water partition coefficient (Wildman–Crippen LogP) is 2.57. The van der Waals surface area contributed by atoms with Gasteiger partial charge in [-0.3, -0.25) is 9.69 Å². The molecule has 1 saturated heterocycles. The zero-order valence-electron chi connectivity index (χ0n) is 17.5. The van der Waals surface area contributed by atoms with Crippen molar-refractivity contribution in [3.63, 3.8) is 0 Å². The number of nitrogens with zero attached hydrogens (tertiary/aromatic N) is 5. The number of H-pyrrole nitrogens is 1. The van der Waals surface area contributed by atoms with E-state index in [0.717, 1.165) is 43.3 Å². The molecule has 0 amide bonds. The second kappa shape index (κ2) is 7.09.